The Morgan fingerprint density at radius 1 is 1.26 bits per heavy atom. The van der Waals surface area contributed by atoms with Crippen LogP contribution in [0.3, 0.4) is 0 Å². The molecule has 11 heteroatoms. The second kappa shape index (κ2) is 11.8. The van der Waals surface area contributed by atoms with Gasteiger partial charge in [0.1, 0.15) is 11.1 Å². The number of thiophene rings is 1. The molecule has 1 aliphatic heterocycles. The number of nitrogens with one attached hydrogen (secondary N) is 2. The zero-order chi connectivity index (χ0) is 25.7. The molecule has 3 atom stereocenters. The van der Waals surface area contributed by atoms with Crippen LogP contribution in [0.4, 0.5) is 14.6 Å². The number of hydrogen-bond acceptors (Lipinski definition) is 8. The molecule has 0 aromatic carbocycles. The predicted molar refractivity (Wildman–Crippen MR) is 134 cm³/mol. The average Bonchev–Trinajstić information content (AvgIpc) is 3.15. The highest BCUT2D eigenvalue weighted by Gasteiger charge is 2.43. The number of hydrogen-bond donors (Lipinski definition) is 2. The van der Waals surface area contributed by atoms with Gasteiger partial charge in [-0.3, -0.25) is 15.0 Å². The number of likely N-dealkylation sites (tertiary alicyclic amines) is 1. The highest BCUT2D eigenvalue weighted by molar-refractivity contribution is 7.16. The minimum Gasteiger partial charge on any atom is -0.453 e. The van der Waals surface area contributed by atoms with Gasteiger partial charge in [0, 0.05) is 37.1 Å². The van der Waals surface area contributed by atoms with E-state index in [2.05, 4.69) is 21.6 Å². The number of rotatable bonds is 7. The molecule has 1 aromatic heterocycles. The summed E-state index contributed by atoms with van der Waals surface area (Å²) in [5.41, 5.74) is 1.44. The van der Waals surface area contributed by atoms with Crippen LogP contribution in [0.5, 0.6) is 0 Å². The molecule has 35 heavy (non-hydrogen) atoms. The van der Waals surface area contributed by atoms with Crippen molar-refractivity contribution in [2.75, 3.05) is 59.7 Å². The first kappa shape index (κ1) is 26.9. The van der Waals surface area contributed by atoms with Crippen LogP contribution in [0.1, 0.15) is 35.8 Å². The van der Waals surface area contributed by atoms with E-state index in [0.717, 1.165) is 16.9 Å². The largest absolute Gasteiger partial charge is 0.453 e. The number of nitrogens with zero attached hydrogens (tertiary/aromatic N) is 4. The number of fused-ring (bicyclic) bond motifs is 2. The maximum atomic E-state index is 13.5. The van der Waals surface area contributed by atoms with E-state index in [4.69, 9.17) is 4.74 Å². The van der Waals surface area contributed by atoms with Gasteiger partial charge in [-0.1, -0.05) is 6.92 Å². The number of methoxy groups -OCH3 is 1. The number of urea groups is 1. The Hall–Kier alpha value is -2.68. The number of nitriles is 1. The third-order valence-corrected chi connectivity index (χ3v) is 7.98. The third kappa shape index (κ3) is 6.12. The Balaban J connectivity index is 1.75. The summed E-state index contributed by atoms with van der Waals surface area (Å²) in [7, 11) is 7.19. The molecule has 1 aliphatic carbocycles. The Kier molecular flexibility index (Phi) is 9.10. The van der Waals surface area contributed by atoms with E-state index >= 15 is 0 Å². The lowest BCUT2D eigenvalue weighted by molar-refractivity contribution is -0.136. The third-order valence-electron chi connectivity index (χ3n) is 6.81. The molecular weight excluding hydrogens is 468 g/mol. The van der Waals surface area contributed by atoms with Crippen LogP contribution in [-0.2, 0) is 22.4 Å². The van der Waals surface area contributed by atoms with Crippen LogP contribution < -0.4 is 10.6 Å². The van der Waals surface area contributed by atoms with Crippen LogP contribution in [0.2, 0.25) is 0 Å². The molecule has 1 fully saturated rings. The number of carbonyl (C=O) groups is 3. The summed E-state index contributed by atoms with van der Waals surface area (Å²) in [6, 6.07) is 2.16. The van der Waals surface area contributed by atoms with Crippen LogP contribution in [-0.4, -0.2) is 93.2 Å². The smallest absolute Gasteiger partial charge is 0.411 e. The average molecular weight is 505 g/mol. The van der Waals surface area contributed by atoms with Crippen molar-refractivity contribution in [1.82, 2.24) is 20.0 Å². The van der Waals surface area contributed by atoms with Crippen molar-refractivity contribution in [3.8, 4) is 6.07 Å². The molecule has 1 aromatic rings. The summed E-state index contributed by atoms with van der Waals surface area (Å²) in [4.78, 5) is 44.7. The van der Waals surface area contributed by atoms with Crippen molar-refractivity contribution in [1.29, 1.82) is 5.26 Å². The van der Waals surface area contributed by atoms with Crippen molar-refractivity contribution in [3.05, 3.63) is 16.0 Å². The molecule has 0 bridgehead atoms. The lowest BCUT2D eigenvalue weighted by Gasteiger charge is -2.45. The van der Waals surface area contributed by atoms with Gasteiger partial charge in [-0.2, -0.15) is 5.26 Å². The molecule has 2 aliphatic rings. The standard InChI is InChI=1S/C24H36N6O4S/c1-6-8-30(23(32)26-7-9-28(2)3)22(31)16-10-15-11-17-18(13-25)21(27-24(33)34-5)35-20(17)12-19(15)29(4)14-16/h15-16,19H,6-12,14H2,1-5H3,(H,26,32)(H,27,33). The van der Waals surface area contributed by atoms with E-state index in [1.165, 1.54) is 23.3 Å². The molecule has 0 radical (unpaired) electrons. The fourth-order valence-corrected chi connectivity index (χ4v) is 6.31. The lowest BCUT2D eigenvalue weighted by atomic mass is 9.74. The van der Waals surface area contributed by atoms with E-state index in [-0.39, 0.29) is 29.8 Å². The van der Waals surface area contributed by atoms with Crippen LogP contribution in [0.25, 0.3) is 0 Å². The van der Waals surface area contributed by atoms with E-state index in [1.54, 1.807) is 0 Å². The second-order valence-corrected chi connectivity index (χ2v) is 10.7. The molecule has 1 saturated heterocycles. The Morgan fingerprint density at radius 3 is 2.63 bits per heavy atom. The van der Waals surface area contributed by atoms with Crippen molar-refractivity contribution < 1.29 is 19.1 Å². The molecule has 0 spiro atoms. The van der Waals surface area contributed by atoms with Crippen molar-refractivity contribution in [3.63, 3.8) is 0 Å². The molecule has 0 saturated carbocycles. The van der Waals surface area contributed by atoms with E-state index in [9.17, 15) is 19.6 Å². The molecular formula is C24H36N6O4S. The van der Waals surface area contributed by atoms with Crippen molar-refractivity contribution >= 4 is 34.4 Å². The minimum absolute atomic E-state index is 0.135. The predicted octanol–water partition coefficient (Wildman–Crippen LogP) is 2.34. The number of amides is 4. The SMILES string of the molecule is CCCN(C(=O)NCCN(C)C)C(=O)C1CC2Cc3c(sc(NC(=O)OC)c3C#N)CC2N(C)C1. The number of likely N-dealkylation sites (N-methyl/N-ethyl adjacent to an activating group) is 2. The topological polar surface area (TPSA) is 118 Å². The highest BCUT2D eigenvalue weighted by atomic mass is 32.1. The van der Waals surface area contributed by atoms with Gasteiger partial charge in [-0.25, -0.2) is 9.59 Å². The summed E-state index contributed by atoms with van der Waals surface area (Å²) in [6.07, 6.45) is 2.20. The Bertz CT molecular complexity index is 987. The summed E-state index contributed by atoms with van der Waals surface area (Å²) < 4.78 is 4.70. The first-order chi connectivity index (χ1) is 16.7. The summed E-state index contributed by atoms with van der Waals surface area (Å²) in [5, 5.41) is 15.8. The maximum absolute atomic E-state index is 13.5. The zero-order valence-corrected chi connectivity index (χ0v) is 22.0. The fourth-order valence-electron chi connectivity index (χ4n) is 5.09. The number of ether oxygens (including phenoxy) is 1. The fraction of sp³-hybridized carbons (Fsp3) is 0.667. The van der Waals surface area contributed by atoms with Crippen molar-refractivity contribution in [2.45, 2.75) is 38.6 Å². The van der Waals surface area contributed by atoms with Crippen LogP contribution in [0.15, 0.2) is 0 Å². The van der Waals surface area contributed by atoms with Crippen molar-refractivity contribution in [2.24, 2.45) is 11.8 Å². The van der Waals surface area contributed by atoms with Gasteiger partial charge in [0.2, 0.25) is 5.91 Å². The van der Waals surface area contributed by atoms with Gasteiger partial charge in [0.05, 0.1) is 18.6 Å². The molecule has 10 nitrogen and oxygen atoms in total. The number of imide groups is 1. The van der Waals surface area contributed by atoms with Gasteiger partial charge >= 0.3 is 12.1 Å². The lowest BCUT2D eigenvalue weighted by Crippen LogP contribution is -2.55. The molecule has 3 unspecified atom stereocenters. The van der Waals surface area contributed by atoms with E-state index in [0.29, 0.717) is 56.0 Å². The molecule has 3 rings (SSSR count). The van der Waals surface area contributed by atoms with Crippen LogP contribution in [0, 0.1) is 23.2 Å². The van der Waals surface area contributed by atoms with Gasteiger partial charge in [-0.15, -0.1) is 11.3 Å². The normalized spacial score (nSPS) is 21.5. The zero-order valence-electron chi connectivity index (χ0n) is 21.2. The van der Waals surface area contributed by atoms with Gasteiger partial charge in [0.25, 0.3) is 0 Å². The molecule has 4 amide bonds. The molecule has 192 valence electrons. The quantitative estimate of drug-likeness (QED) is 0.585. The summed E-state index contributed by atoms with van der Waals surface area (Å²) >= 11 is 1.43. The van der Waals surface area contributed by atoms with Gasteiger partial charge < -0.3 is 19.9 Å². The molecule has 2 heterocycles. The number of anilines is 1. The highest BCUT2D eigenvalue weighted by Crippen LogP contribution is 2.44. The summed E-state index contributed by atoms with van der Waals surface area (Å²) in [5.74, 6) is -0.238. The first-order valence-electron chi connectivity index (χ1n) is 12.0. The van der Waals surface area contributed by atoms with Gasteiger partial charge in [0.15, 0.2) is 0 Å². The Labute approximate surface area is 211 Å². The first-order valence-corrected chi connectivity index (χ1v) is 12.8. The van der Waals surface area contributed by atoms with Crippen LogP contribution >= 0.6 is 11.3 Å². The summed E-state index contributed by atoms with van der Waals surface area (Å²) in [6.45, 7) is 4.11. The maximum Gasteiger partial charge on any atom is 0.411 e. The monoisotopic (exact) mass is 504 g/mol. The van der Waals surface area contributed by atoms with E-state index in [1.807, 2.05) is 33.0 Å². The van der Waals surface area contributed by atoms with Gasteiger partial charge in [-0.05, 0) is 58.3 Å². The second-order valence-electron chi connectivity index (χ2n) is 9.57. The Morgan fingerprint density at radius 2 is 2.00 bits per heavy atom. The number of carbonyl (C=O) groups excluding carboxylic acids is 3. The molecule has 2 N–H and O–H groups in total. The number of piperidine rings is 1. The van der Waals surface area contributed by atoms with E-state index < -0.39 is 6.09 Å². The minimum atomic E-state index is -0.597.